The molecule has 0 saturated heterocycles. The molecular weight excluding hydrogens is 299 g/mol. The van der Waals surface area contributed by atoms with Gasteiger partial charge in [-0.3, -0.25) is 4.68 Å². The first kappa shape index (κ1) is 15.0. The van der Waals surface area contributed by atoms with Gasteiger partial charge in [0.05, 0.1) is 18.4 Å². The molecule has 0 saturated carbocycles. The molecule has 0 fully saturated rings. The SMILES string of the molecule is Cc1cc(NC(=O)NCc2cnn(CCF)c2)cn2ccnc12. The number of hydrogen-bond acceptors (Lipinski definition) is 3. The Balaban J connectivity index is 1.59. The summed E-state index contributed by atoms with van der Waals surface area (Å²) in [5, 5.41) is 9.53. The molecule has 7 nitrogen and oxygen atoms in total. The zero-order valence-electron chi connectivity index (χ0n) is 12.7. The van der Waals surface area contributed by atoms with E-state index in [2.05, 4.69) is 20.7 Å². The largest absolute Gasteiger partial charge is 0.334 e. The summed E-state index contributed by atoms with van der Waals surface area (Å²) in [6, 6.07) is 1.54. The number of amides is 2. The molecule has 120 valence electrons. The van der Waals surface area contributed by atoms with Gasteiger partial charge < -0.3 is 15.0 Å². The van der Waals surface area contributed by atoms with Gasteiger partial charge in [-0.1, -0.05) is 0 Å². The number of pyridine rings is 1. The van der Waals surface area contributed by atoms with Gasteiger partial charge in [0.1, 0.15) is 12.3 Å². The molecule has 0 radical (unpaired) electrons. The van der Waals surface area contributed by atoms with Crippen LogP contribution in [0.2, 0.25) is 0 Å². The van der Waals surface area contributed by atoms with E-state index in [9.17, 15) is 9.18 Å². The Morgan fingerprint density at radius 2 is 2.26 bits per heavy atom. The number of alkyl halides is 1. The van der Waals surface area contributed by atoms with E-state index in [-0.39, 0.29) is 12.6 Å². The van der Waals surface area contributed by atoms with E-state index in [4.69, 9.17) is 0 Å². The van der Waals surface area contributed by atoms with Gasteiger partial charge in [-0.15, -0.1) is 0 Å². The Bertz CT molecular complexity index is 824. The minimum atomic E-state index is -0.467. The third kappa shape index (κ3) is 3.47. The molecule has 0 aliphatic carbocycles. The highest BCUT2D eigenvalue weighted by Crippen LogP contribution is 2.14. The van der Waals surface area contributed by atoms with Gasteiger partial charge >= 0.3 is 6.03 Å². The number of carbonyl (C=O) groups is 1. The molecule has 23 heavy (non-hydrogen) atoms. The van der Waals surface area contributed by atoms with Gasteiger partial charge in [0.2, 0.25) is 0 Å². The van der Waals surface area contributed by atoms with Crippen LogP contribution in [-0.2, 0) is 13.1 Å². The average molecular weight is 316 g/mol. The van der Waals surface area contributed by atoms with Gasteiger partial charge in [0.15, 0.2) is 0 Å². The molecule has 2 N–H and O–H groups in total. The third-order valence-electron chi connectivity index (χ3n) is 3.38. The predicted octanol–water partition coefficient (Wildman–Crippen LogP) is 2.13. The number of urea groups is 1. The molecule has 0 aromatic carbocycles. The van der Waals surface area contributed by atoms with Crippen molar-refractivity contribution < 1.29 is 9.18 Å². The Kier molecular flexibility index (Phi) is 4.22. The fourth-order valence-electron chi connectivity index (χ4n) is 2.34. The second kappa shape index (κ2) is 6.47. The van der Waals surface area contributed by atoms with Crippen LogP contribution in [0, 0.1) is 6.92 Å². The standard InChI is InChI=1S/C15H17FN6O/c1-11-6-13(10-21-5-3-17-14(11)21)20-15(23)18-7-12-8-19-22(9-12)4-2-16/h3,5-6,8-10H,2,4,7H2,1H3,(H2,18,20,23). The first-order valence-electron chi connectivity index (χ1n) is 7.21. The van der Waals surface area contributed by atoms with Crippen molar-refractivity contribution >= 4 is 17.4 Å². The summed E-state index contributed by atoms with van der Waals surface area (Å²) in [6.07, 6.45) is 8.65. The summed E-state index contributed by atoms with van der Waals surface area (Å²) >= 11 is 0. The smallest absolute Gasteiger partial charge is 0.319 e. The quantitative estimate of drug-likeness (QED) is 0.757. The lowest BCUT2D eigenvalue weighted by Crippen LogP contribution is -2.28. The summed E-state index contributed by atoms with van der Waals surface area (Å²) in [5.74, 6) is 0. The molecule has 0 aliphatic heterocycles. The van der Waals surface area contributed by atoms with Gasteiger partial charge in [0.25, 0.3) is 0 Å². The molecule has 2 amide bonds. The van der Waals surface area contributed by atoms with Crippen molar-refractivity contribution in [1.82, 2.24) is 24.5 Å². The molecule has 8 heteroatoms. The fourth-order valence-corrected chi connectivity index (χ4v) is 2.34. The topological polar surface area (TPSA) is 76.2 Å². The highest BCUT2D eigenvalue weighted by atomic mass is 19.1. The molecule has 0 aliphatic rings. The van der Waals surface area contributed by atoms with Gasteiger partial charge in [-0.2, -0.15) is 5.10 Å². The van der Waals surface area contributed by atoms with Crippen LogP contribution in [0.3, 0.4) is 0 Å². The number of anilines is 1. The summed E-state index contributed by atoms with van der Waals surface area (Å²) in [7, 11) is 0. The monoisotopic (exact) mass is 316 g/mol. The summed E-state index contributed by atoms with van der Waals surface area (Å²) in [4.78, 5) is 16.2. The van der Waals surface area contributed by atoms with Crippen molar-refractivity contribution in [3.63, 3.8) is 0 Å². The van der Waals surface area contributed by atoms with Crippen molar-refractivity contribution in [3.05, 3.63) is 48.2 Å². The maximum atomic E-state index is 12.2. The van der Waals surface area contributed by atoms with E-state index < -0.39 is 6.67 Å². The molecule has 3 rings (SSSR count). The van der Waals surface area contributed by atoms with Crippen LogP contribution < -0.4 is 10.6 Å². The van der Waals surface area contributed by atoms with Crippen LogP contribution in [0.4, 0.5) is 14.9 Å². The Labute approximate surface area is 132 Å². The molecule has 0 unspecified atom stereocenters. The first-order valence-corrected chi connectivity index (χ1v) is 7.21. The molecule has 3 aromatic rings. The van der Waals surface area contributed by atoms with E-state index in [0.29, 0.717) is 12.2 Å². The second-order valence-corrected chi connectivity index (χ2v) is 5.18. The van der Waals surface area contributed by atoms with E-state index in [1.165, 1.54) is 4.68 Å². The number of carbonyl (C=O) groups excluding carboxylic acids is 1. The predicted molar refractivity (Wildman–Crippen MR) is 84.0 cm³/mol. The summed E-state index contributed by atoms with van der Waals surface area (Å²) in [6.45, 7) is 2.01. The zero-order valence-corrected chi connectivity index (χ0v) is 12.7. The van der Waals surface area contributed by atoms with Gasteiger partial charge in [-0.05, 0) is 18.6 Å². The normalized spacial score (nSPS) is 10.9. The fraction of sp³-hybridized carbons (Fsp3) is 0.267. The Morgan fingerprint density at radius 3 is 3.09 bits per heavy atom. The summed E-state index contributed by atoms with van der Waals surface area (Å²) < 4.78 is 15.6. The highest BCUT2D eigenvalue weighted by Gasteiger charge is 2.06. The van der Waals surface area contributed by atoms with Crippen LogP contribution in [0.1, 0.15) is 11.1 Å². The number of nitrogens with one attached hydrogen (secondary N) is 2. The highest BCUT2D eigenvalue weighted by molar-refractivity contribution is 5.89. The lowest BCUT2D eigenvalue weighted by molar-refractivity contribution is 0.251. The number of fused-ring (bicyclic) bond motifs is 1. The van der Waals surface area contributed by atoms with Crippen LogP contribution in [0.5, 0.6) is 0 Å². The van der Waals surface area contributed by atoms with Crippen LogP contribution in [0.25, 0.3) is 5.65 Å². The minimum absolute atomic E-state index is 0.219. The van der Waals surface area contributed by atoms with Crippen molar-refractivity contribution in [1.29, 1.82) is 0 Å². The number of aryl methyl sites for hydroxylation is 2. The summed E-state index contributed by atoms with van der Waals surface area (Å²) in [5.41, 5.74) is 3.32. The van der Waals surface area contributed by atoms with Gasteiger partial charge in [-0.25, -0.2) is 14.2 Å². The first-order chi connectivity index (χ1) is 11.2. The Morgan fingerprint density at radius 1 is 1.39 bits per heavy atom. The number of aromatic nitrogens is 4. The number of halogens is 1. The average Bonchev–Trinajstić information content (AvgIpc) is 3.15. The zero-order chi connectivity index (χ0) is 16.2. The number of nitrogens with zero attached hydrogens (tertiary/aromatic N) is 4. The maximum Gasteiger partial charge on any atom is 0.319 e. The second-order valence-electron chi connectivity index (χ2n) is 5.18. The number of imidazole rings is 1. The van der Waals surface area contributed by atoms with Crippen molar-refractivity contribution in [2.75, 3.05) is 12.0 Å². The molecule has 0 atom stereocenters. The minimum Gasteiger partial charge on any atom is -0.334 e. The lowest BCUT2D eigenvalue weighted by Gasteiger charge is -2.08. The third-order valence-corrected chi connectivity index (χ3v) is 3.38. The molecule has 3 aromatic heterocycles. The maximum absolute atomic E-state index is 12.2. The lowest BCUT2D eigenvalue weighted by atomic mass is 10.3. The van der Waals surface area contributed by atoms with Crippen molar-refractivity contribution in [3.8, 4) is 0 Å². The molecular formula is C15H17FN6O. The van der Waals surface area contributed by atoms with Crippen molar-refractivity contribution in [2.45, 2.75) is 20.0 Å². The Hall–Kier alpha value is -2.90. The van der Waals surface area contributed by atoms with E-state index in [1.54, 1.807) is 24.8 Å². The van der Waals surface area contributed by atoms with E-state index in [0.717, 1.165) is 16.8 Å². The van der Waals surface area contributed by atoms with E-state index >= 15 is 0 Å². The molecule has 0 spiro atoms. The van der Waals surface area contributed by atoms with Gasteiger partial charge in [0, 0.05) is 36.9 Å². The number of hydrogen-bond donors (Lipinski definition) is 2. The van der Waals surface area contributed by atoms with E-state index in [1.807, 2.05) is 23.6 Å². The van der Waals surface area contributed by atoms with Crippen molar-refractivity contribution in [2.24, 2.45) is 0 Å². The number of rotatable bonds is 5. The molecule has 0 bridgehead atoms. The molecule has 3 heterocycles. The van der Waals surface area contributed by atoms with Crippen LogP contribution in [-0.4, -0.2) is 31.9 Å². The van der Waals surface area contributed by atoms with Crippen LogP contribution in [0.15, 0.2) is 37.1 Å². The van der Waals surface area contributed by atoms with Crippen LogP contribution >= 0.6 is 0 Å².